The van der Waals surface area contributed by atoms with Crippen LogP contribution in [0.2, 0.25) is 0 Å². The van der Waals surface area contributed by atoms with Gasteiger partial charge in [-0.25, -0.2) is 4.98 Å². The monoisotopic (exact) mass is 271 g/mol. The van der Waals surface area contributed by atoms with E-state index in [1.165, 1.54) is 31.5 Å². The second-order valence-electron chi connectivity index (χ2n) is 6.07. The molecule has 0 aliphatic heterocycles. The van der Waals surface area contributed by atoms with Crippen LogP contribution in [0.4, 0.5) is 5.82 Å². The van der Waals surface area contributed by atoms with Crippen molar-refractivity contribution in [3.63, 3.8) is 0 Å². The highest BCUT2D eigenvalue weighted by Gasteiger charge is 2.36. The van der Waals surface area contributed by atoms with E-state index in [2.05, 4.69) is 22.8 Å². The molecule has 0 bridgehead atoms. The molecule has 2 aliphatic carbocycles. The van der Waals surface area contributed by atoms with E-state index in [0.717, 1.165) is 30.0 Å². The lowest BCUT2D eigenvalue weighted by Crippen LogP contribution is -2.04. The maximum atomic E-state index is 6.39. The number of nitrogens with zero attached hydrogens (tertiary/aromatic N) is 4. The van der Waals surface area contributed by atoms with Gasteiger partial charge in [0.05, 0.1) is 6.20 Å². The fourth-order valence-corrected chi connectivity index (χ4v) is 2.86. The Balaban J connectivity index is 1.74. The van der Waals surface area contributed by atoms with Gasteiger partial charge in [0.25, 0.3) is 0 Å². The summed E-state index contributed by atoms with van der Waals surface area (Å²) in [5, 5.41) is 4.40. The van der Waals surface area contributed by atoms with E-state index in [4.69, 9.17) is 10.7 Å². The van der Waals surface area contributed by atoms with Crippen LogP contribution in [0.1, 0.15) is 56.8 Å². The van der Waals surface area contributed by atoms with Crippen LogP contribution in [0.3, 0.4) is 0 Å². The average molecular weight is 271 g/mol. The Morgan fingerprint density at radius 1 is 1.30 bits per heavy atom. The van der Waals surface area contributed by atoms with Crippen molar-refractivity contribution in [2.45, 2.75) is 57.5 Å². The highest BCUT2D eigenvalue weighted by Crippen LogP contribution is 2.47. The first-order valence-electron chi connectivity index (χ1n) is 7.68. The first kappa shape index (κ1) is 12.0. The van der Waals surface area contributed by atoms with E-state index in [1.54, 1.807) is 0 Å². The third-order valence-electron chi connectivity index (χ3n) is 4.19. The molecule has 0 spiro atoms. The van der Waals surface area contributed by atoms with E-state index in [-0.39, 0.29) is 0 Å². The summed E-state index contributed by atoms with van der Waals surface area (Å²) in [6.07, 6.45) is 10.1. The zero-order valence-electron chi connectivity index (χ0n) is 11.9. The molecule has 0 saturated heterocycles. The van der Waals surface area contributed by atoms with E-state index < -0.39 is 0 Å². The maximum Gasteiger partial charge on any atom is 0.132 e. The number of nitrogens with two attached hydrogens (primary N) is 1. The minimum absolute atomic E-state index is 0.595. The van der Waals surface area contributed by atoms with Gasteiger partial charge in [-0.2, -0.15) is 5.10 Å². The molecule has 0 unspecified atom stereocenters. The number of anilines is 1. The molecular formula is C15H21N5. The fourth-order valence-electron chi connectivity index (χ4n) is 2.86. The van der Waals surface area contributed by atoms with E-state index in [1.807, 2.05) is 10.9 Å². The Bertz CT molecular complexity index is 631. The predicted molar refractivity (Wildman–Crippen MR) is 78.4 cm³/mol. The molecule has 2 heterocycles. The molecule has 2 fully saturated rings. The van der Waals surface area contributed by atoms with E-state index >= 15 is 0 Å². The van der Waals surface area contributed by atoms with E-state index in [9.17, 15) is 0 Å². The minimum Gasteiger partial charge on any atom is -0.383 e. The highest BCUT2D eigenvalue weighted by atomic mass is 15.3. The molecule has 0 amide bonds. The molecule has 20 heavy (non-hydrogen) atoms. The number of hydrogen-bond acceptors (Lipinski definition) is 3. The largest absolute Gasteiger partial charge is 0.383 e. The van der Waals surface area contributed by atoms with Crippen LogP contribution in [0, 0.1) is 0 Å². The van der Waals surface area contributed by atoms with E-state index in [0.29, 0.717) is 12.0 Å². The summed E-state index contributed by atoms with van der Waals surface area (Å²) in [6.45, 7) is 3.10. The van der Waals surface area contributed by atoms with Crippen molar-refractivity contribution in [2.75, 3.05) is 5.73 Å². The summed E-state index contributed by atoms with van der Waals surface area (Å²) < 4.78 is 4.27. The lowest BCUT2D eigenvalue weighted by atomic mass is 10.2. The standard InChI is InChI=1S/C15H21N5/c1-2-7-19-9-11(8-17-19)13-14(16)20(12-5-6-12)15(18-13)10-3-4-10/h8-10,12H,2-7,16H2,1H3. The Kier molecular flexibility index (Phi) is 2.62. The van der Waals surface area contributed by atoms with Crippen molar-refractivity contribution in [1.82, 2.24) is 19.3 Å². The van der Waals surface area contributed by atoms with Gasteiger partial charge in [0.15, 0.2) is 0 Å². The molecule has 2 N–H and O–H groups in total. The van der Waals surface area contributed by atoms with Crippen molar-refractivity contribution in [3.05, 3.63) is 18.2 Å². The van der Waals surface area contributed by atoms with Crippen LogP contribution in [0.5, 0.6) is 0 Å². The topological polar surface area (TPSA) is 61.7 Å². The van der Waals surface area contributed by atoms with Crippen molar-refractivity contribution in [2.24, 2.45) is 0 Å². The molecule has 0 aromatic carbocycles. The Labute approximate surface area is 118 Å². The van der Waals surface area contributed by atoms with Gasteiger partial charge >= 0.3 is 0 Å². The molecule has 4 rings (SSSR count). The van der Waals surface area contributed by atoms with Crippen molar-refractivity contribution in [3.8, 4) is 11.3 Å². The molecule has 2 aromatic heterocycles. The summed E-state index contributed by atoms with van der Waals surface area (Å²) in [6, 6.07) is 0.595. The van der Waals surface area contributed by atoms with Gasteiger partial charge in [0, 0.05) is 30.3 Å². The highest BCUT2D eigenvalue weighted by molar-refractivity contribution is 5.70. The van der Waals surface area contributed by atoms with Crippen molar-refractivity contribution < 1.29 is 0 Å². The summed E-state index contributed by atoms with van der Waals surface area (Å²) in [7, 11) is 0. The molecule has 2 aliphatic rings. The third kappa shape index (κ3) is 1.92. The zero-order valence-corrected chi connectivity index (χ0v) is 11.9. The smallest absolute Gasteiger partial charge is 0.132 e. The zero-order chi connectivity index (χ0) is 13.7. The molecule has 2 saturated carbocycles. The summed E-state index contributed by atoms with van der Waals surface area (Å²) in [5.74, 6) is 2.69. The second kappa shape index (κ2) is 4.36. The van der Waals surface area contributed by atoms with Gasteiger partial charge in [0.1, 0.15) is 17.3 Å². The molecule has 5 nitrogen and oxygen atoms in total. The van der Waals surface area contributed by atoms with Crippen LogP contribution in [0.25, 0.3) is 11.3 Å². The lowest BCUT2D eigenvalue weighted by Gasteiger charge is -2.06. The van der Waals surface area contributed by atoms with Crippen LogP contribution < -0.4 is 5.73 Å². The molecule has 0 atom stereocenters. The maximum absolute atomic E-state index is 6.39. The minimum atomic E-state index is 0.595. The first-order chi connectivity index (χ1) is 9.78. The van der Waals surface area contributed by atoms with Crippen LogP contribution in [-0.2, 0) is 6.54 Å². The molecule has 2 aromatic rings. The van der Waals surface area contributed by atoms with Gasteiger partial charge in [-0.05, 0) is 32.1 Å². The number of hydrogen-bond donors (Lipinski definition) is 1. The van der Waals surface area contributed by atoms with Gasteiger partial charge < -0.3 is 10.3 Å². The normalized spacial score (nSPS) is 18.6. The van der Waals surface area contributed by atoms with Gasteiger partial charge in [0.2, 0.25) is 0 Å². The second-order valence-corrected chi connectivity index (χ2v) is 6.07. The van der Waals surface area contributed by atoms with Gasteiger partial charge in [-0.3, -0.25) is 4.68 Å². The number of aromatic nitrogens is 4. The molecule has 106 valence electrons. The first-order valence-corrected chi connectivity index (χ1v) is 7.68. The number of aryl methyl sites for hydroxylation is 1. The number of nitrogen functional groups attached to an aromatic ring is 1. The Morgan fingerprint density at radius 2 is 2.10 bits per heavy atom. The third-order valence-corrected chi connectivity index (χ3v) is 4.19. The molecule has 0 radical (unpaired) electrons. The molecular weight excluding hydrogens is 250 g/mol. The van der Waals surface area contributed by atoms with Crippen molar-refractivity contribution in [1.29, 1.82) is 0 Å². The SMILES string of the molecule is CCCn1cc(-c2nc(C3CC3)n(C3CC3)c2N)cn1. The quantitative estimate of drug-likeness (QED) is 0.909. The van der Waals surface area contributed by atoms with Gasteiger partial charge in [-0.15, -0.1) is 0 Å². The van der Waals surface area contributed by atoms with Crippen molar-refractivity contribution >= 4 is 5.82 Å². The number of imidazole rings is 1. The lowest BCUT2D eigenvalue weighted by molar-refractivity contribution is 0.603. The summed E-state index contributed by atoms with van der Waals surface area (Å²) >= 11 is 0. The van der Waals surface area contributed by atoms with Crippen LogP contribution in [0.15, 0.2) is 12.4 Å². The van der Waals surface area contributed by atoms with Crippen LogP contribution in [-0.4, -0.2) is 19.3 Å². The summed E-state index contributed by atoms with van der Waals surface area (Å²) in [4.78, 5) is 4.86. The fraction of sp³-hybridized carbons (Fsp3) is 0.600. The predicted octanol–water partition coefficient (Wildman–Crippen LogP) is 2.95. The number of rotatable bonds is 5. The Morgan fingerprint density at radius 3 is 2.75 bits per heavy atom. The summed E-state index contributed by atoms with van der Waals surface area (Å²) in [5.41, 5.74) is 8.37. The Hall–Kier alpha value is -1.78. The molecule has 5 heteroatoms. The van der Waals surface area contributed by atoms with Gasteiger partial charge in [-0.1, -0.05) is 6.92 Å². The van der Waals surface area contributed by atoms with Crippen LogP contribution >= 0.6 is 0 Å². The average Bonchev–Trinajstić information content (AvgIpc) is 3.35.